The van der Waals surface area contributed by atoms with Crippen molar-refractivity contribution in [1.82, 2.24) is 5.32 Å². The van der Waals surface area contributed by atoms with Crippen LogP contribution in [0.2, 0.25) is 5.02 Å². The second kappa shape index (κ2) is 9.72. The molecule has 1 aliphatic rings. The van der Waals surface area contributed by atoms with Gasteiger partial charge in [-0.2, -0.15) is 0 Å². The fourth-order valence-electron chi connectivity index (χ4n) is 3.54. The molecule has 0 bridgehead atoms. The van der Waals surface area contributed by atoms with Crippen LogP contribution >= 0.6 is 11.6 Å². The molecular formula is C24H23ClN2O5S. The summed E-state index contributed by atoms with van der Waals surface area (Å²) in [6.45, 7) is 2.45. The number of para-hydroxylation sites is 3. The van der Waals surface area contributed by atoms with Gasteiger partial charge < -0.3 is 14.8 Å². The summed E-state index contributed by atoms with van der Waals surface area (Å²) >= 11 is 5.92. The van der Waals surface area contributed by atoms with Crippen LogP contribution in [0.4, 0.5) is 5.69 Å². The molecule has 1 heterocycles. The van der Waals surface area contributed by atoms with E-state index >= 15 is 0 Å². The Morgan fingerprint density at radius 1 is 1.09 bits per heavy atom. The largest absolute Gasteiger partial charge is 0.494 e. The van der Waals surface area contributed by atoms with Gasteiger partial charge in [0.25, 0.3) is 15.9 Å². The molecule has 4 rings (SSSR count). The lowest BCUT2D eigenvalue weighted by atomic mass is 10.2. The number of sulfonamides is 1. The number of halogens is 1. The van der Waals surface area contributed by atoms with Crippen LogP contribution in [0.15, 0.2) is 77.7 Å². The summed E-state index contributed by atoms with van der Waals surface area (Å²) in [5.74, 6) is 0.574. The first-order chi connectivity index (χ1) is 15.9. The standard InChI is InChI=1S/C24H23ClN2O5S/c1-2-31-21-9-5-3-7-17(21)15-26-24(28)23-16-27(20-8-4-6-10-22(20)32-23)33(29,30)19-13-11-18(25)12-14-19/h3-14,23H,2,15-16H2,1H3,(H,26,28). The number of rotatable bonds is 7. The Kier molecular flexibility index (Phi) is 6.76. The Labute approximate surface area is 197 Å². The minimum atomic E-state index is -3.95. The number of nitrogens with one attached hydrogen (secondary N) is 1. The van der Waals surface area contributed by atoms with E-state index in [0.717, 1.165) is 5.56 Å². The van der Waals surface area contributed by atoms with Crippen molar-refractivity contribution >= 4 is 33.2 Å². The summed E-state index contributed by atoms with van der Waals surface area (Å²) in [6, 6.07) is 20.1. The van der Waals surface area contributed by atoms with E-state index in [1.807, 2.05) is 31.2 Å². The highest BCUT2D eigenvalue weighted by Gasteiger charge is 2.37. The molecule has 33 heavy (non-hydrogen) atoms. The van der Waals surface area contributed by atoms with Gasteiger partial charge in [0.2, 0.25) is 0 Å². The zero-order valence-electron chi connectivity index (χ0n) is 17.9. The van der Waals surface area contributed by atoms with Crippen molar-refractivity contribution in [2.45, 2.75) is 24.5 Å². The van der Waals surface area contributed by atoms with Crippen molar-refractivity contribution in [3.05, 3.63) is 83.4 Å². The van der Waals surface area contributed by atoms with Crippen LogP contribution in [-0.2, 0) is 21.4 Å². The van der Waals surface area contributed by atoms with Gasteiger partial charge in [-0.1, -0.05) is 41.9 Å². The predicted molar refractivity (Wildman–Crippen MR) is 126 cm³/mol. The lowest BCUT2D eigenvalue weighted by Gasteiger charge is -2.34. The molecule has 0 saturated carbocycles. The van der Waals surface area contributed by atoms with Crippen LogP contribution in [0.25, 0.3) is 0 Å². The smallest absolute Gasteiger partial charge is 0.264 e. The van der Waals surface area contributed by atoms with Gasteiger partial charge in [0.05, 0.1) is 23.7 Å². The van der Waals surface area contributed by atoms with Crippen LogP contribution < -0.4 is 19.1 Å². The molecule has 9 heteroatoms. The van der Waals surface area contributed by atoms with Gasteiger partial charge in [0, 0.05) is 17.1 Å². The zero-order valence-corrected chi connectivity index (χ0v) is 19.5. The molecule has 0 saturated heterocycles. The van der Waals surface area contributed by atoms with E-state index in [4.69, 9.17) is 21.1 Å². The quantitative estimate of drug-likeness (QED) is 0.545. The number of nitrogens with zero attached hydrogens (tertiary/aromatic N) is 1. The molecule has 1 amide bonds. The van der Waals surface area contributed by atoms with Crippen LogP contribution in [0.3, 0.4) is 0 Å². The number of fused-ring (bicyclic) bond motifs is 1. The first kappa shape index (κ1) is 22.9. The van der Waals surface area contributed by atoms with Gasteiger partial charge in [-0.3, -0.25) is 9.10 Å². The van der Waals surface area contributed by atoms with Gasteiger partial charge in [0.15, 0.2) is 6.10 Å². The van der Waals surface area contributed by atoms with Crippen molar-refractivity contribution in [1.29, 1.82) is 0 Å². The number of carbonyl (C=O) groups excluding carboxylic acids is 1. The van der Waals surface area contributed by atoms with Crippen LogP contribution in [-0.4, -0.2) is 33.6 Å². The van der Waals surface area contributed by atoms with Gasteiger partial charge in [-0.15, -0.1) is 0 Å². The monoisotopic (exact) mass is 486 g/mol. The molecule has 1 aliphatic heterocycles. The van der Waals surface area contributed by atoms with Gasteiger partial charge in [-0.05, 0) is 49.4 Å². The average molecular weight is 487 g/mol. The first-order valence-electron chi connectivity index (χ1n) is 10.4. The molecule has 1 N–H and O–H groups in total. The Morgan fingerprint density at radius 3 is 2.55 bits per heavy atom. The Balaban J connectivity index is 1.57. The van der Waals surface area contributed by atoms with E-state index in [1.54, 1.807) is 24.3 Å². The molecule has 0 spiro atoms. The van der Waals surface area contributed by atoms with Crippen molar-refractivity contribution in [3.8, 4) is 11.5 Å². The third-order valence-electron chi connectivity index (χ3n) is 5.15. The lowest BCUT2D eigenvalue weighted by molar-refractivity contribution is -0.127. The highest BCUT2D eigenvalue weighted by atomic mass is 35.5. The fourth-order valence-corrected chi connectivity index (χ4v) is 5.14. The molecule has 0 aliphatic carbocycles. The zero-order chi connectivity index (χ0) is 23.4. The SMILES string of the molecule is CCOc1ccccc1CNC(=O)C1CN(S(=O)(=O)c2ccc(Cl)cc2)c2ccccc2O1. The summed E-state index contributed by atoms with van der Waals surface area (Å²) in [4.78, 5) is 13.1. The molecular weight excluding hydrogens is 464 g/mol. The molecule has 1 atom stereocenters. The van der Waals surface area contributed by atoms with Crippen molar-refractivity contribution in [2.24, 2.45) is 0 Å². The summed E-state index contributed by atoms with van der Waals surface area (Å²) < 4.78 is 39.5. The first-order valence-corrected chi connectivity index (χ1v) is 12.2. The molecule has 1 unspecified atom stereocenters. The highest BCUT2D eigenvalue weighted by Crippen LogP contribution is 2.37. The molecule has 0 fully saturated rings. The fraction of sp³-hybridized carbons (Fsp3) is 0.208. The van der Waals surface area contributed by atoms with E-state index in [1.165, 1.54) is 28.6 Å². The molecule has 172 valence electrons. The maximum atomic E-state index is 13.4. The summed E-state index contributed by atoms with van der Waals surface area (Å²) in [6.07, 6.45) is -1.03. The van der Waals surface area contributed by atoms with E-state index in [9.17, 15) is 13.2 Å². The highest BCUT2D eigenvalue weighted by molar-refractivity contribution is 7.92. The second-order valence-electron chi connectivity index (χ2n) is 7.32. The predicted octanol–water partition coefficient (Wildman–Crippen LogP) is 4.01. The van der Waals surface area contributed by atoms with E-state index < -0.39 is 22.0 Å². The topological polar surface area (TPSA) is 84.9 Å². The number of hydrogen-bond acceptors (Lipinski definition) is 5. The summed E-state index contributed by atoms with van der Waals surface area (Å²) in [5.41, 5.74) is 1.19. The normalized spacial score (nSPS) is 15.3. The minimum Gasteiger partial charge on any atom is -0.494 e. The number of carbonyl (C=O) groups is 1. The third-order valence-corrected chi connectivity index (χ3v) is 7.20. The number of hydrogen-bond donors (Lipinski definition) is 1. The number of anilines is 1. The molecule has 0 radical (unpaired) electrons. The van der Waals surface area contributed by atoms with Crippen molar-refractivity contribution in [3.63, 3.8) is 0 Å². The van der Waals surface area contributed by atoms with E-state index in [0.29, 0.717) is 28.8 Å². The van der Waals surface area contributed by atoms with Gasteiger partial charge in [0.1, 0.15) is 11.5 Å². The number of ether oxygens (including phenoxy) is 2. The summed E-state index contributed by atoms with van der Waals surface area (Å²) in [7, 11) is -3.95. The molecule has 7 nitrogen and oxygen atoms in total. The molecule has 3 aromatic rings. The van der Waals surface area contributed by atoms with Crippen LogP contribution in [0.5, 0.6) is 11.5 Å². The molecule has 0 aromatic heterocycles. The van der Waals surface area contributed by atoms with Gasteiger partial charge >= 0.3 is 0 Å². The van der Waals surface area contributed by atoms with E-state index in [2.05, 4.69) is 5.32 Å². The third kappa shape index (κ3) is 4.91. The average Bonchev–Trinajstić information content (AvgIpc) is 2.83. The Hall–Kier alpha value is -3.23. The van der Waals surface area contributed by atoms with Gasteiger partial charge in [-0.25, -0.2) is 8.42 Å². The number of amides is 1. The van der Waals surface area contributed by atoms with Crippen molar-refractivity contribution in [2.75, 3.05) is 17.5 Å². The summed E-state index contributed by atoms with van der Waals surface area (Å²) in [5, 5.41) is 3.27. The van der Waals surface area contributed by atoms with Crippen molar-refractivity contribution < 1.29 is 22.7 Å². The second-order valence-corrected chi connectivity index (χ2v) is 9.62. The van der Waals surface area contributed by atoms with Crippen LogP contribution in [0.1, 0.15) is 12.5 Å². The number of benzene rings is 3. The van der Waals surface area contributed by atoms with Crippen LogP contribution in [0, 0.1) is 0 Å². The maximum absolute atomic E-state index is 13.4. The van der Waals surface area contributed by atoms with E-state index in [-0.39, 0.29) is 18.0 Å². The Morgan fingerprint density at radius 2 is 1.79 bits per heavy atom. The maximum Gasteiger partial charge on any atom is 0.264 e. The lowest BCUT2D eigenvalue weighted by Crippen LogP contribution is -2.50. The molecule has 3 aromatic carbocycles. The minimum absolute atomic E-state index is 0.0772. The Bertz CT molecular complexity index is 1250.